The van der Waals surface area contributed by atoms with Gasteiger partial charge in [0.1, 0.15) is 30.0 Å². The average molecular weight is 360 g/mol. The topological polar surface area (TPSA) is 77.1 Å². The zero-order chi connectivity index (χ0) is 17.2. The summed E-state index contributed by atoms with van der Waals surface area (Å²) >= 11 is 0. The molecule has 0 bridgehead atoms. The largest absolute Gasteiger partial charge is 0.488 e. The van der Waals surface area contributed by atoms with Crippen molar-refractivity contribution in [3.05, 3.63) is 23.5 Å². The van der Waals surface area contributed by atoms with Crippen LogP contribution in [-0.2, 0) is 25.6 Å². The maximum absolute atomic E-state index is 13.9. The molecule has 3 rings (SSSR count). The molecule has 24 heavy (non-hydrogen) atoms. The molecule has 0 radical (unpaired) electrons. The predicted molar refractivity (Wildman–Crippen MR) is 86.1 cm³/mol. The van der Waals surface area contributed by atoms with Gasteiger partial charge in [-0.15, -0.1) is 4.28 Å². The number of fused-ring (bicyclic) bond motifs is 1. The fourth-order valence-corrected chi connectivity index (χ4v) is 3.36. The van der Waals surface area contributed by atoms with Crippen molar-refractivity contribution in [1.82, 2.24) is 5.32 Å². The number of hydrogen-bond donors (Lipinski definition) is 1. The van der Waals surface area contributed by atoms with Gasteiger partial charge in [0.15, 0.2) is 0 Å². The SMILES string of the molecule is CS(=O)(=O)ON1CCCc2cc(F)cc(OCC3CNCCO3)c21. The standard InChI is InChI=1S/C15H21FN2O5S/c1-24(19,20)23-18-5-2-3-11-7-12(16)8-14(15(11)18)22-10-13-9-17-4-6-21-13/h7-8,13,17H,2-6,9-10H2,1H3. The normalized spacial score (nSPS) is 21.4. The van der Waals surface area contributed by atoms with Gasteiger partial charge in [-0.25, -0.2) is 9.45 Å². The van der Waals surface area contributed by atoms with Crippen LogP contribution in [0.4, 0.5) is 10.1 Å². The van der Waals surface area contributed by atoms with Crippen LogP contribution in [0.15, 0.2) is 12.1 Å². The van der Waals surface area contributed by atoms with Gasteiger partial charge < -0.3 is 14.8 Å². The smallest absolute Gasteiger partial charge is 0.285 e. The second kappa shape index (κ2) is 7.22. The fraction of sp³-hybridized carbons (Fsp3) is 0.600. The lowest BCUT2D eigenvalue weighted by Gasteiger charge is -2.31. The molecule has 1 aromatic carbocycles. The molecule has 1 unspecified atom stereocenters. The minimum absolute atomic E-state index is 0.134. The van der Waals surface area contributed by atoms with E-state index in [9.17, 15) is 12.8 Å². The van der Waals surface area contributed by atoms with Gasteiger partial charge in [-0.3, -0.25) is 0 Å². The number of anilines is 1. The Morgan fingerprint density at radius 2 is 2.29 bits per heavy atom. The quantitative estimate of drug-likeness (QED) is 0.834. The van der Waals surface area contributed by atoms with Gasteiger partial charge in [0.2, 0.25) is 0 Å². The molecular weight excluding hydrogens is 339 g/mol. The molecule has 134 valence electrons. The fourth-order valence-electron chi connectivity index (χ4n) is 2.88. The van der Waals surface area contributed by atoms with Crippen LogP contribution in [0.1, 0.15) is 12.0 Å². The average Bonchev–Trinajstić information content (AvgIpc) is 2.52. The van der Waals surface area contributed by atoms with Crippen LogP contribution >= 0.6 is 0 Å². The van der Waals surface area contributed by atoms with Gasteiger partial charge in [0.05, 0.1) is 12.9 Å². The number of benzene rings is 1. The highest BCUT2D eigenvalue weighted by molar-refractivity contribution is 7.86. The van der Waals surface area contributed by atoms with Gasteiger partial charge >= 0.3 is 0 Å². The number of hydroxylamine groups is 1. The van der Waals surface area contributed by atoms with Gasteiger partial charge in [0, 0.05) is 25.7 Å². The Labute approximate surface area is 140 Å². The van der Waals surface area contributed by atoms with Crippen LogP contribution in [0.2, 0.25) is 0 Å². The summed E-state index contributed by atoms with van der Waals surface area (Å²) in [7, 11) is -3.69. The number of halogens is 1. The number of morpholine rings is 1. The molecule has 1 N–H and O–H groups in total. The molecule has 1 saturated heterocycles. The Hall–Kier alpha value is -1.42. The maximum Gasteiger partial charge on any atom is 0.285 e. The lowest BCUT2D eigenvalue weighted by atomic mass is 10.0. The zero-order valence-corrected chi connectivity index (χ0v) is 14.3. The summed E-state index contributed by atoms with van der Waals surface area (Å²) in [6.45, 7) is 2.68. The summed E-state index contributed by atoms with van der Waals surface area (Å²) < 4.78 is 53.2. The second-order valence-electron chi connectivity index (χ2n) is 5.90. The Bertz CT molecular complexity index is 691. The van der Waals surface area contributed by atoms with Crippen molar-refractivity contribution >= 4 is 15.8 Å². The van der Waals surface area contributed by atoms with E-state index >= 15 is 0 Å². The van der Waals surface area contributed by atoms with E-state index in [0.29, 0.717) is 43.8 Å². The van der Waals surface area contributed by atoms with Crippen molar-refractivity contribution in [2.45, 2.75) is 18.9 Å². The van der Waals surface area contributed by atoms with Gasteiger partial charge in [-0.05, 0) is 24.5 Å². The van der Waals surface area contributed by atoms with Crippen molar-refractivity contribution < 1.29 is 26.6 Å². The monoisotopic (exact) mass is 360 g/mol. The summed E-state index contributed by atoms with van der Waals surface area (Å²) in [6.07, 6.45) is 2.15. The lowest BCUT2D eigenvalue weighted by molar-refractivity contribution is 0.0000626. The molecule has 0 saturated carbocycles. The number of nitrogens with zero attached hydrogens (tertiary/aromatic N) is 1. The first-order valence-electron chi connectivity index (χ1n) is 7.87. The molecule has 1 atom stereocenters. The molecule has 7 nitrogen and oxygen atoms in total. The lowest BCUT2D eigenvalue weighted by Crippen LogP contribution is -2.41. The van der Waals surface area contributed by atoms with Gasteiger partial charge in [-0.1, -0.05) is 0 Å². The van der Waals surface area contributed by atoms with E-state index in [0.717, 1.165) is 12.8 Å². The summed E-state index contributed by atoms with van der Waals surface area (Å²) in [5.41, 5.74) is 1.14. The number of hydrogen-bond acceptors (Lipinski definition) is 7. The molecule has 1 fully saturated rings. The molecule has 2 heterocycles. The van der Waals surface area contributed by atoms with Crippen LogP contribution in [0.25, 0.3) is 0 Å². The highest BCUT2D eigenvalue weighted by Gasteiger charge is 2.27. The first kappa shape index (κ1) is 17.4. The van der Waals surface area contributed by atoms with E-state index in [4.69, 9.17) is 13.8 Å². The zero-order valence-electron chi connectivity index (χ0n) is 13.5. The summed E-state index contributed by atoms with van der Waals surface area (Å²) in [5, 5.41) is 4.46. The molecular formula is C15H21FN2O5S. The van der Waals surface area contributed by atoms with Crippen LogP contribution in [0.3, 0.4) is 0 Å². The van der Waals surface area contributed by atoms with E-state index in [1.165, 1.54) is 17.2 Å². The molecule has 9 heteroatoms. The van der Waals surface area contributed by atoms with Gasteiger partial charge in [-0.2, -0.15) is 8.42 Å². The van der Waals surface area contributed by atoms with Crippen LogP contribution < -0.4 is 15.1 Å². The van der Waals surface area contributed by atoms with E-state index in [-0.39, 0.29) is 18.5 Å². The Kier molecular flexibility index (Phi) is 5.24. The Morgan fingerprint density at radius 1 is 1.46 bits per heavy atom. The minimum Gasteiger partial charge on any atom is -0.488 e. The predicted octanol–water partition coefficient (Wildman–Crippen LogP) is 0.837. The molecule has 0 aromatic heterocycles. The summed E-state index contributed by atoms with van der Waals surface area (Å²) in [6, 6.07) is 2.64. The van der Waals surface area contributed by atoms with E-state index in [1.54, 1.807) is 0 Å². The van der Waals surface area contributed by atoms with Crippen LogP contribution in [-0.4, -0.2) is 53.6 Å². The third-order valence-electron chi connectivity index (χ3n) is 3.83. The van der Waals surface area contributed by atoms with E-state index in [1.807, 2.05) is 0 Å². The highest BCUT2D eigenvalue weighted by atomic mass is 32.2. The van der Waals surface area contributed by atoms with Crippen LogP contribution in [0, 0.1) is 5.82 Å². The molecule has 0 aliphatic carbocycles. The molecule has 0 spiro atoms. The Morgan fingerprint density at radius 3 is 3.00 bits per heavy atom. The van der Waals surface area contributed by atoms with Crippen molar-refractivity contribution in [3.8, 4) is 5.75 Å². The first-order valence-corrected chi connectivity index (χ1v) is 9.69. The third kappa shape index (κ3) is 4.35. The maximum atomic E-state index is 13.9. The third-order valence-corrected chi connectivity index (χ3v) is 4.28. The second-order valence-corrected chi connectivity index (χ2v) is 7.46. The van der Waals surface area contributed by atoms with Crippen molar-refractivity contribution in [3.63, 3.8) is 0 Å². The van der Waals surface area contributed by atoms with Crippen LogP contribution in [0.5, 0.6) is 5.75 Å². The van der Waals surface area contributed by atoms with Crippen molar-refractivity contribution in [2.24, 2.45) is 0 Å². The van der Waals surface area contributed by atoms with Crippen molar-refractivity contribution in [1.29, 1.82) is 0 Å². The number of aryl methyl sites for hydroxylation is 1. The van der Waals surface area contributed by atoms with E-state index < -0.39 is 15.9 Å². The Balaban J connectivity index is 1.83. The summed E-state index contributed by atoms with van der Waals surface area (Å²) in [5.74, 6) is -0.157. The molecule has 1 aromatic rings. The first-order chi connectivity index (χ1) is 11.4. The van der Waals surface area contributed by atoms with Gasteiger partial charge in [0.25, 0.3) is 10.1 Å². The highest BCUT2D eigenvalue weighted by Crippen LogP contribution is 2.38. The number of rotatable bonds is 5. The number of nitrogens with one attached hydrogen (secondary N) is 1. The van der Waals surface area contributed by atoms with Crippen molar-refractivity contribution in [2.75, 3.05) is 44.2 Å². The minimum atomic E-state index is -3.69. The molecule has 0 amide bonds. The summed E-state index contributed by atoms with van der Waals surface area (Å²) in [4.78, 5) is 0. The number of ether oxygens (including phenoxy) is 2. The van der Waals surface area contributed by atoms with E-state index in [2.05, 4.69) is 5.32 Å². The molecule has 2 aliphatic rings. The molecule has 2 aliphatic heterocycles.